The smallest absolute Gasteiger partial charge is 0.123 e. The molecule has 0 saturated carbocycles. The Morgan fingerprint density at radius 3 is 1.71 bits per heavy atom. The monoisotopic (exact) mass is 320 g/mol. The normalized spacial score (nSPS) is 11.0. The highest BCUT2D eigenvalue weighted by Crippen LogP contribution is 2.15. The first-order valence-electron chi connectivity index (χ1n) is 8.10. The second kappa shape index (κ2) is 7.84. The van der Waals surface area contributed by atoms with Crippen LogP contribution in [0.25, 0.3) is 0 Å². The van der Waals surface area contributed by atoms with Gasteiger partial charge in [-0.25, -0.2) is 4.39 Å². The number of nitrogens with zero attached hydrogens (tertiary/aromatic N) is 2. The number of aromatic nitrogens is 1. The van der Waals surface area contributed by atoms with E-state index < -0.39 is 0 Å². The van der Waals surface area contributed by atoms with Crippen molar-refractivity contribution in [2.75, 3.05) is 0 Å². The van der Waals surface area contributed by atoms with E-state index in [-0.39, 0.29) is 5.82 Å². The van der Waals surface area contributed by atoms with E-state index in [2.05, 4.69) is 41.1 Å². The summed E-state index contributed by atoms with van der Waals surface area (Å²) in [6.07, 6.45) is 3.63. The van der Waals surface area contributed by atoms with E-state index in [9.17, 15) is 4.39 Å². The van der Waals surface area contributed by atoms with Gasteiger partial charge in [-0.1, -0.05) is 42.0 Å². The zero-order valence-electron chi connectivity index (χ0n) is 13.8. The van der Waals surface area contributed by atoms with E-state index in [1.54, 1.807) is 0 Å². The molecule has 122 valence electrons. The molecule has 0 aliphatic carbocycles. The van der Waals surface area contributed by atoms with Gasteiger partial charge in [0.25, 0.3) is 0 Å². The number of halogens is 1. The Kier molecular flexibility index (Phi) is 5.34. The van der Waals surface area contributed by atoms with E-state index in [1.807, 2.05) is 36.7 Å². The fourth-order valence-electron chi connectivity index (χ4n) is 2.71. The largest absolute Gasteiger partial charge is 0.291 e. The van der Waals surface area contributed by atoms with Crippen LogP contribution in [0.5, 0.6) is 0 Å². The summed E-state index contributed by atoms with van der Waals surface area (Å²) in [6, 6.07) is 19.4. The average molecular weight is 320 g/mol. The molecule has 2 aromatic carbocycles. The van der Waals surface area contributed by atoms with Crippen LogP contribution in [0.3, 0.4) is 0 Å². The maximum Gasteiger partial charge on any atom is 0.123 e. The fourth-order valence-corrected chi connectivity index (χ4v) is 2.71. The van der Waals surface area contributed by atoms with E-state index in [0.29, 0.717) is 0 Å². The van der Waals surface area contributed by atoms with Crippen molar-refractivity contribution >= 4 is 0 Å². The number of hydrogen-bond acceptors (Lipinski definition) is 2. The summed E-state index contributed by atoms with van der Waals surface area (Å²) in [6.45, 7) is 4.54. The molecule has 1 aromatic heterocycles. The summed E-state index contributed by atoms with van der Waals surface area (Å²) in [4.78, 5) is 6.43. The summed E-state index contributed by atoms with van der Waals surface area (Å²) in [5.74, 6) is -0.196. The Hall–Kier alpha value is -2.52. The first-order chi connectivity index (χ1) is 11.7. The first kappa shape index (κ1) is 16.3. The Bertz CT molecular complexity index is 705. The van der Waals surface area contributed by atoms with Crippen LogP contribution in [0.2, 0.25) is 0 Å². The van der Waals surface area contributed by atoms with Gasteiger partial charge in [0, 0.05) is 32.0 Å². The lowest BCUT2D eigenvalue weighted by molar-refractivity contribution is 0.247. The molecule has 3 heteroatoms. The van der Waals surface area contributed by atoms with Crippen molar-refractivity contribution in [2.45, 2.75) is 26.6 Å². The molecule has 0 bridgehead atoms. The molecule has 0 saturated heterocycles. The molecule has 1 heterocycles. The van der Waals surface area contributed by atoms with E-state index in [4.69, 9.17) is 0 Å². The Labute approximate surface area is 142 Å². The lowest BCUT2D eigenvalue weighted by Crippen LogP contribution is -2.22. The van der Waals surface area contributed by atoms with Gasteiger partial charge in [0.2, 0.25) is 0 Å². The highest BCUT2D eigenvalue weighted by Gasteiger charge is 2.09. The van der Waals surface area contributed by atoms with Gasteiger partial charge in [0.15, 0.2) is 0 Å². The number of aryl methyl sites for hydroxylation is 1. The maximum atomic E-state index is 13.1. The predicted molar refractivity (Wildman–Crippen MR) is 94.8 cm³/mol. The molecule has 0 aliphatic rings. The molecule has 0 N–H and O–H groups in total. The van der Waals surface area contributed by atoms with Crippen molar-refractivity contribution in [1.82, 2.24) is 9.88 Å². The summed E-state index contributed by atoms with van der Waals surface area (Å²) < 4.78 is 13.1. The second-order valence-electron chi connectivity index (χ2n) is 6.11. The Morgan fingerprint density at radius 1 is 0.708 bits per heavy atom. The molecule has 3 rings (SSSR count). The van der Waals surface area contributed by atoms with Crippen molar-refractivity contribution < 1.29 is 4.39 Å². The van der Waals surface area contributed by atoms with Gasteiger partial charge in [-0.15, -0.1) is 0 Å². The lowest BCUT2D eigenvalue weighted by Gasteiger charge is -2.23. The zero-order valence-corrected chi connectivity index (χ0v) is 13.8. The van der Waals surface area contributed by atoms with Crippen molar-refractivity contribution in [2.24, 2.45) is 0 Å². The van der Waals surface area contributed by atoms with Gasteiger partial charge >= 0.3 is 0 Å². The van der Waals surface area contributed by atoms with Gasteiger partial charge in [-0.05, 0) is 47.9 Å². The number of pyridine rings is 1. The minimum atomic E-state index is -0.196. The number of rotatable bonds is 6. The molecule has 0 radical (unpaired) electrons. The molecule has 0 atom stereocenters. The topological polar surface area (TPSA) is 16.1 Å². The van der Waals surface area contributed by atoms with Gasteiger partial charge < -0.3 is 0 Å². The lowest BCUT2D eigenvalue weighted by atomic mass is 10.1. The SMILES string of the molecule is Cc1ccc(CN(Cc2ccncc2)Cc2ccc(F)cc2)cc1. The molecule has 2 nitrogen and oxygen atoms in total. The van der Waals surface area contributed by atoms with Gasteiger partial charge in [0.1, 0.15) is 5.82 Å². The third kappa shape index (κ3) is 4.74. The van der Waals surface area contributed by atoms with Crippen LogP contribution >= 0.6 is 0 Å². The Morgan fingerprint density at radius 2 is 1.17 bits per heavy atom. The first-order valence-corrected chi connectivity index (χ1v) is 8.10. The highest BCUT2D eigenvalue weighted by molar-refractivity contribution is 5.22. The van der Waals surface area contributed by atoms with Crippen molar-refractivity contribution in [1.29, 1.82) is 0 Å². The van der Waals surface area contributed by atoms with Gasteiger partial charge in [-0.3, -0.25) is 9.88 Å². The van der Waals surface area contributed by atoms with Crippen LogP contribution in [0, 0.1) is 12.7 Å². The fraction of sp³-hybridized carbons (Fsp3) is 0.190. The van der Waals surface area contributed by atoms with Crippen molar-refractivity contribution in [3.63, 3.8) is 0 Å². The quantitative estimate of drug-likeness (QED) is 0.652. The molecular weight excluding hydrogens is 299 g/mol. The minimum Gasteiger partial charge on any atom is -0.291 e. The van der Waals surface area contributed by atoms with Crippen molar-refractivity contribution in [3.8, 4) is 0 Å². The van der Waals surface area contributed by atoms with Crippen LogP contribution in [0.15, 0.2) is 73.1 Å². The molecule has 0 amide bonds. The molecule has 24 heavy (non-hydrogen) atoms. The van der Waals surface area contributed by atoms with Crippen LogP contribution in [-0.2, 0) is 19.6 Å². The summed E-state index contributed by atoms with van der Waals surface area (Å²) >= 11 is 0. The van der Waals surface area contributed by atoms with E-state index in [1.165, 1.54) is 28.8 Å². The second-order valence-corrected chi connectivity index (χ2v) is 6.11. The molecular formula is C21H21FN2. The molecule has 0 fully saturated rings. The van der Waals surface area contributed by atoms with E-state index >= 15 is 0 Å². The van der Waals surface area contributed by atoms with Crippen LogP contribution < -0.4 is 0 Å². The molecule has 0 unspecified atom stereocenters. The van der Waals surface area contributed by atoms with Gasteiger partial charge in [0.05, 0.1) is 0 Å². The van der Waals surface area contributed by atoms with Gasteiger partial charge in [-0.2, -0.15) is 0 Å². The molecule has 3 aromatic rings. The standard InChI is InChI=1S/C21H21FN2/c1-17-2-4-18(5-3-17)14-24(16-20-10-12-23-13-11-20)15-19-6-8-21(22)9-7-19/h2-13H,14-16H2,1H3. The summed E-state index contributed by atoms with van der Waals surface area (Å²) in [5.41, 5.74) is 4.87. The van der Waals surface area contributed by atoms with Crippen molar-refractivity contribution in [3.05, 3.63) is 101 Å². The summed E-state index contributed by atoms with van der Waals surface area (Å²) in [5, 5.41) is 0. The number of benzene rings is 2. The van der Waals surface area contributed by atoms with E-state index in [0.717, 1.165) is 25.2 Å². The Balaban J connectivity index is 1.76. The molecule has 0 aliphatic heterocycles. The third-order valence-corrected chi connectivity index (χ3v) is 4.00. The third-order valence-electron chi connectivity index (χ3n) is 4.00. The zero-order chi connectivity index (χ0) is 16.8. The van der Waals surface area contributed by atoms with Crippen LogP contribution in [0.1, 0.15) is 22.3 Å². The highest BCUT2D eigenvalue weighted by atomic mass is 19.1. The summed E-state index contributed by atoms with van der Waals surface area (Å²) in [7, 11) is 0. The number of hydrogen-bond donors (Lipinski definition) is 0. The molecule has 0 spiro atoms. The van der Waals surface area contributed by atoms with Crippen LogP contribution in [0.4, 0.5) is 4.39 Å². The van der Waals surface area contributed by atoms with Crippen LogP contribution in [-0.4, -0.2) is 9.88 Å². The maximum absolute atomic E-state index is 13.1. The average Bonchev–Trinajstić information content (AvgIpc) is 2.60. The predicted octanol–water partition coefficient (Wildman–Crippen LogP) is 4.73. The minimum absolute atomic E-state index is 0.196.